The van der Waals surface area contributed by atoms with Gasteiger partial charge >= 0.3 is 0 Å². The van der Waals surface area contributed by atoms with Crippen LogP contribution < -0.4 is 5.32 Å². The molecule has 122 valence electrons. The molecule has 0 spiro atoms. The van der Waals surface area contributed by atoms with E-state index in [2.05, 4.69) is 10.3 Å². The Morgan fingerprint density at radius 1 is 1.30 bits per heavy atom. The van der Waals surface area contributed by atoms with Crippen molar-refractivity contribution in [3.63, 3.8) is 0 Å². The van der Waals surface area contributed by atoms with Crippen molar-refractivity contribution in [2.75, 3.05) is 6.54 Å². The zero-order valence-electron chi connectivity index (χ0n) is 13.5. The summed E-state index contributed by atoms with van der Waals surface area (Å²) in [6, 6.07) is 9.38. The summed E-state index contributed by atoms with van der Waals surface area (Å²) in [7, 11) is 0. The molecule has 5 heteroatoms. The summed E-state index contributed by atoms with van der Waals surface area (Å²) in [6.07, 6.45) is 6.08. The lowest BCUT2D eigenvalue weighted by molar-refractivity contribution is -0.122. The van der Waals surface area contributed by atoms with Crippen LogP contribution in [0.3, 0.4) is 0 Å². The molecule has 0 saturated carbocycles. The largest absolute Gasteiger partial charge is 0.384 e. The maximum Gasteiger partial charge on any atom is 0.240 e. The Hall–Kier alpha value is -2.14. The van der Waals surface area contributed by atoms with Crippen LogP contribution in [0.15, 0.2) is 36.7 Å². The van der Waals surface area contributed by atoms with E-state index in [1.807, 2.05) is 34.9 Å². The molecule has 1 amide bonds. The number of aliphatic hydroxyl groups is 1. The lowest BCUT2D eigenvalue weighted by Gasteiger charge is -2.24. The predicted molar refractivity (Wildman–Crippen MR) is 87.9 cm³/mol. The lowest BCUT2D eigenvalue weighted by Crippen LogP contribution is -2.40. The first-order valence-corrected chi connectivity index (χ1v) is 8.14. The van der Waals surface area contributed by atoms with Crippen LogP contribution in [0.5, 0.6) is 0 Å². The van der Waals surface area contributed by atoms with Gasteiger partial charge in [0.25, 0.3) is 0 Å². The molecule has 0 aliphatic heterocycles. The third kappa shape index (κ3) is 3.62. The Bertz CT molecular complexity index is 677. The van der Waals surface area contributed by atoms with Gasteiger partial charge in [-0.1, -0.05) is 30.3 Å². The predicted octanol–water partition coefficient (Wildman–Crippen LogP) is 1.79. The van der Waals surface area contributed by atoms with Crippen molar-refractivity contribution in [2.45, 2.75) is 44.8 Å². The van der Waals surface area contributed by atoms with Crippen LogP contribution in [0.4, 0.5) is 0 Å². The molecule has 2 N–H and O–H groups in total. The van der Waals surface area contributed by atoms with Gasteiger partial charge in [-0.3, -0.25) is 4.79 Å². The first kappa shape index (κ1) is 15.7. The molecule has 0 fully saturated rings. The van der Waals surface area contributed by atoms with E-state index in [1.54, 1.807) is 13.3 Å². The quantitative estimate of drug-likeness (QED) is 0.884. The SMILES string of the molecule is CC(O)(CNC(=O)Cn1cnc2c1CCCC2)c1ccccc1. The summed E-state index contributed by atoms with van der Waals surface area (Å²) in [5, 5.41) is 13.3. The first-order valence-electron chi connectivity index (χ1n) is 8.14. The van der Waals surface area contributed by atoms with Gasteiger partial charge in [-0.2, -0.15) is 0 Å². The molecule has 1 aromatic carbocycles. The van der Waals surface area contributed by atoms with Crippen molar-refractivity contribution in [3.8, 4) is 0 Å². The van der Waals surface area contributed by atoms with E-state index in [9.17, 15) is 9.90 Å². The van der Waals surface area contributed by atoms with Crippen LogP contribution in [0, 0.1) is 0 Å². The molecular formula is C18H23N3O2. The highest BCUT2D eigenvalue weighted by atomic mass is 16.3. The molecule has 0 radical (unpaired) electrons. The number of nitrogens with one attached hydrogen (secondary N) is 1. The number of aromatic nitrogens is 2. The summed E-state index contributed by atoms with van der Waals surface area (Å²) in [5.74, 6) is -0.105. The Labute approximate surface area is 136 Å². The molecule has 1 unspecified atom stereocenters. The number of amides is 1. The first-order chi connectivity index (χ1) is 11.1. The highest BCUT2D eigenvalue weighted by Gasteiger charge is 2.24. The van der Waals surface area contributed by atoms with E-state index in [1.165, 1.54) is 12.1 Å². The summed E-state index contributed by atoms with van der Waals surface area (Å²) in [5.41, 5.74) is 2.02. The average Bonchev–Trinajstić information content (AvgIpc) is 2.97. The fraction of sp³-hybridized carbons (Fsp3) is 0.444. The Morgan fingerprint density at radius 2 is 2.04 bits per heavy atom. The van der Waals surface area contributed by atoms with Crippen LogP contribution in [-0.2, 0) is 29.8 Å². The molecule has 1 aliphatic carbocycles. The zero-order chi connectivity index (χ0) is 16.3. The third-order valence-corrected chi connectivity index (χ3v) is 4.45. The molecule has 1 aromatic heterocycles. The third-order valence-electron chi connectivity index (χ3n) is 4.45. The normalized spacial score (nSPS) is 16.4. The number of benzene rings is 1. The fourth-order valence-electron chi connectivity index (χ4n) is 3.05. The van der Waals surface area contributed by atoms with Crippen LogP contribution >= 0.6 is 0 Å². The molecule has 2 aromatic rings. The highest BCUT2D eigenvalue weighted by molar-refractivity contribution is 5.76. The Morgan fingerprint density at radius 3 is 2.83 bits per heavy atom. The number of rotatable bonds is 5. The second kappa shape index (κ2) is 6.54. The molecular weight excluding hydrogens is 290 g/mol. The molecule has 0 saturated heterocycles. The van der Waals surface area contributed by atoms with Gasteiger partial charge in [0.1, 0.15) is 12.1 Å². The fourth-order valence-corrected chi connectivity index (χ4v) is 3.05. The van der Waals surface area contributed by atoms with Crippen molar-refractivity contribution in [1.82, 2.24) is 14.9 Å². The summed E-state index contributed by atoms with van der Waals surface area (Å²) >= 11 is 0. The van der Waals surface area contributed by atoms with Crippen LogP contribution in [0.2, 0.25) is 0 Å². The number of hydrogen-bond acceptors (Lipinski definition) is 3. The van der Waals surface area contributed by atoms with Gasteiger partial charge < -0.3 is 15.0 Å². The summed E-state index contributed by atoms with van der Waals surface area (Å²) < 4.78 is 1.93. The van der Waals surface area contributed by atoms with Crippen LogP contribution in [0.1, 0.15) is 36.7 Å². The molecule has 23 heavy (non-hydrogen) atoms. The van der Waals surface area contributed by atoms with Gasteiger partial charge in [0.05, 0.1) is 18.6 Å². The molecule has 1 aliphatic rings. The Kier molecular flexibility index (Phi) is 4.48. The smallest absolute Gasteiger partial charge is 0.240 e. The average molecular weight is 313 g/mol. The van der Waals surface area contributed by atoms with Crippen molar-refractivity contribution >= 4 is 5.91 Å². The van der Waals surface area contributed by atoms with Crippen molar-refractivity contribution in [3.05, 3.63) is 53.6 Å². The van der Waals surface area contributed by atoms with Gasteiger partial charge in [-0.05, 0) is 38.2 Å². The molecule has 1 atom stereocenters. The number of aryl methyl sites for hydroxylation is 1. The molecule has 1 heterocycles. The van der Waals surface area contributed by atoms with Gasteiger partial charge in [-0.15, -0.1) is 0 Å². The van der Waals surface area contributed by atoms with E-state index in [4.69, 9.17) is 0 Å². The topological polar surface area (TPSA) is 67.2 Å². The monoisotopic (exact) mass is 313 g/mol. The Balaban J connectivity index is 1.59. The second-order valence-corrected chi connectivity index (χ2v) is 6.39. The van der Waals surface area contributed by atoms with Crippen molar-refractivity contribution in [2.24, 2.45) is 0 Å². The van der Waals surface area contributed by atoms with E-state index >= 15 is 0 Å². The van der Waals surface area contributed by atoms with Gasteiger partial charge in [0, 0.05) is 5.69 Å². The number of fused-ring (bicyclic) bond motifs is 1. The van der Waals surface area contributed by atoms with E-state index in [0.717, 1.165) is 30.5 Å². The second-order valence-electron chi connectivity index (χ2n) is 6.39. The van der Waals surface area contributed by atoms with Crippen LogP contribution in [0.25, 0.3) is 0 Å². The number of nitrogens with zero attached hydrogens (tertiary/aromatic N) is 2. The molecule has 5 nitrogen and oxygen atoms in total. The van der Waals surface area contributed by atoms with E-state index < -0.39 is 5.60 Å². The van der Waals surface area contributed by atoms with Crippen molar-refractivity contribution in [1.29, 1.82) is 0 Å². The standard InChI is InChI=1S/C18H23N3O2/c1-18(23,14-7-3-2-4-8-14)12-19-17(22)11-21-13-20-15-9-5-6-10-16(15)21/h2-4,7-8,13,23H,5-6,9-12H2,1H3,(H,19,22). The minimum absolute atomic E-state index is 0.105. The number of hydrogen-bond donors (Lipinski definition) is 2. The molecule has 0 bridgehead atoms. The zero-order valence-corrected chi connectivity index (χ0v) is 13.5. The minimum atomic E-state index is -1.08. The van der Waals surface area contributed by atoms with E-state index in [0.29, 0.717) is 0 Å². The molecule has 3 rings (SSSR count). The summed E-state index contributed by atoms with van der Waals surface area (Å²) in [4.78, 5) is 16.6. The minimum Gasteiger partial charge on any atom is -0.384 e. The number of carbonyl (C=O) groups is 1. The van der Waals surface area contributed by atoms with Gasteiger partial charge in [-0.25, -0.2) is 4.98 Å². The van der Waals surface area contributed by atoms with Gasteiger partial charge in [0.2, 0.25) is 5.91 Å². The summed E-state index contributed by atoms with van der Waals surface area (Å²) in [6.45, 7) is 2.15. The number of imidazole rings is 1. The van der Waals surface area contributed by atoms with Crippen molar-refractivity contribution < 1.29 is 9.90 Å². The maximum absolute atomic E-state index is 12.2. The highest BCUT2D eigenvalue weighted by Crippen LogP contribution is 2.20. The number of carbonyl (C=O) groups excluding carboxylic acids is 1. The van der Waals surface area contributed by atoms with Gasteiger partial charge in [0.15, 0.2) is 0 Å². The maximum atomic E-state index is 12.2. The van der Waals surface area contributed by atoms with Crippen LogP contribution in [-0.4, -0.2) is 27.1 Å². The lowest BCUT2D eigenvalue weighted by atomic mass is 9.96. The van der Waals surface area contributed by atoms with E-state index in [-0.39, 0.29) is 19.0 Å².